The zero-order valence-electron chi connectivity index (χ0n) is 16.6. The molecule has 0 aliphatic carbocycles. The molecule has 160 valence electrons. The highest BCUT2D eigenvalue weighted by molar-refractivity contribution is 7.81. The Kier molecular flexibility index (Phi) is 7.28. The van der Waals surface area contributed by atoms with Gasteiger partial charge in [-0.1, -0.05) is 18.2 Å². The number of hydrogen-bond acceptors (Lipinski definition) is 6. The van der Waals surface area contributed by atoms with E-state index in [1.165, 1.54) is 13.2 Å². The highest BCUT2D eigenvalue weighted by atomic mass is 32.1. The molecule has 1 fully saturated rings. The second kappa shape index (κ2) is 9.90. The number of halogens is 1. The Bertz CT molecular complexity index is 946. The van der Waals surface area contributed by atoms with Crippen molar-refractivity contribution >= 4 is 30.6 Å². The molecular formula is C21H24FN3O4S. The summed E-state index contributed by atoms with van der Waals surface area (Å²) in [5.41, 5.74) is 1.97. The standard InChI is InChI=1S/C21H24FN3O4S/c1-29-21(28)20(16-4-2-3-5-17(16)22)24-10-7-18(30)14(13-24)12-15-6-9-23-25(15)11-8-19(26)27/h2-6,9,12,18,20,30H,7-8,10-11,13H2,1H3,(H,26,27)/b14-12-. The first-order chi connectivity index (χ1) is 14.4. The van der Waals surface area contributed by atoms with Crippen molar-refractivity contribution in [1.29, 1.82) is 0 Å². The Morgan fingerprint density at radius 2 is 2.17 bits per heavy atom. The third-order valence-electron chi connectivity index (χ3n) is 5.11. The Morgan fingerprint density at radius 3 is 2.87 bits per heavy atom. The lowest BCUT2D eigenvalue weighted by Gasteiger charge is -2.36. The van der Waals surface area contributed by atoms with Crippen LogP contribution in [0.3, 0.4) is 0 Å². The number of nitrogens with zero attached hydrogens (tertiary/aromatic N) is 3. The Morgan fingerprint density at radius 1 is 1.40 bits per heavy atom. The number of carbonyl (C=O) groups is 2. The van der Waals surface area contributed by atoms with E-state index in [0.717, 1.165) is 11.3 Å². The highest BCUT2D eigenvalue weighted by Gasteiger charge is 2.34. The third kappa shape index (κ3) is 5.09. The number of ether oxygens (including phenoxy) is 1. The molecule has 1 saturated heterocycles. The summed E-state index contributed by atoms with van der Waals surface area (Å²) in [6, 6.07) is 7.12. The molecule has 30 heavy (non-hydrogen) atoms. The van der Waals surface area contributed by atoms with Crippen LogP contribution in [-0.4, -0.2) is 57.2 Å². The number of carbonyl (C=O) groups excluding carboxylic acids is 1. The number of carboxylic acid groups (broad SMARTS) is 1. The second-order valence-electron chi connectivity index (χ2n) is 7.06. The third-order valence-corrected chi connectivity index (χ3v) is 5.70. The minimum atomic E-state index is -0.897. The number of benzene rings is 1. The van der Waals surface area contributed by atoms with Crippen molar-refractivity contribution in [2.24, 2.45) is 0 Å². The summed E-state index contributed by atoms with van der Waals surface area (Å²) in [6.45, 7) is 1.20. The summed E-state index contributed by atoms with van der Waals surface area (Å²) < 4.78 is 21.0. The Hall–Kier alpha value is -2.65. The van der Waals surface area contributed by atoms with Crippen molar-refractivity contribution in [2.75, 3.05) is 20.2 Å². The maximum atomic E-state index is 14.4. The van der Waals surface area contributed by atoms with Crippen molar-refractivity contribution in [3.05, 3.63) is 59.2 Å². The van der Waals surface area contributed by atoms with Crippen LogP contribution in [0.4, 0.5) is 4.39 Å². The number of thiol groups is 1. The fourth-order valence-corrected chi connectivity index (χ4v) is 3.85. The first-order valence-electron chi connectivity index (χ1n) is 9.59. The summed E-state index contributed by atoms with van der Waals surface area (Å²) in [7, 11) is 1.29. The first kappa shape index (κ1) is 22.0. The van der Waals surface area contributed by atoms with Gasteiger partial charge in [0, 0.05) is 30.1 Å². The predicted molar refractivity (Wildman–Crippen MR) is 113 cm³/mol. The highest BCUT2D eigenvalue weighted by Crippen LogP contribution is 2.32. The summed E-state index contributed by atoms with van der Waals surface area (Å²) in [5.74, 6) is -1.88. The average molecular weight is 434 g/mol. The van der Waals surface area contributed by atoms with E-state index in [-0.39, 0.29) is 23.8 Å². The molecule has 0 radical (unpaired) electrons. The zero-order chi connectivity index (χ0) is 21.7. The van der Waals surface area contributed by atoms with Crippen LogP contribution in [0.5, 0.6) is 0 Å². The zero-order valence-corrected chi connectivity index (χ0v) is 17.5. The van der Waals surface area contributed by atoms with E-state index in [1.54, 1.807) is 35.1 Å². The normalized spacial score (nSPS) is 19.6. The number of aliphatic carboxylic acids is 1. The molecular weight excluding hydrogens is 409 g/mol. The molecule has 2 heterocycles. The van der Waals surface area contributed by atoms with Gasteiger partial charge in [-0.3, -0.25) is 14.4 Å². The van der Waals surface area contributed by atoms with Crippen molar-refractivity contribution < 1.29 is 23.8 Å². The van der Waals surface area contributed by atoms with Gasteiger partial charge in [-0.05, 0) is 30.2 Å². The Balaban J connectivity index is 1.88. The van der Waals surface area contributed by atoms with Gasteiger partial charge in [-0.2, -0.15) is 17.7 Å². The summed E-state index contributed by atoms with van der Waals surface area (Å²) in [5, 5.41) is 13.1. The molecule has 2 aromatic rings. The van der Waals surface area contributed by atoms with Gasteiger partial charge in [0.2, 0.25) is 0 Å². The number of piperidine rings is 1. The predicted octanol–water partition coefficient (Wildman–Crippen LogP) is 2.80. The number of likely N-dealkylation sites (tertiary alicyclic amines) is 1. The number of esters is 1. The fraction of sp³-hybridized carbons (Fsp3) is 0.381. The molecule has 9 heteroatoms. The topological polar surface area (TPSA) is 84.7 Å². The van der Waals surface area contributed by atoms with Crippen LogP contribution < -0.4 is 0 Å². The van der Waals surface area contributed by atoms with Crippen molar-refractivity contribution in [1.82, 2.24) is 14.7 Å². The quantitative estimate of drug-likeness (QED) is 0.516. The minimum Gasteiger partial charge on any atom is -0.481 e. The van der Waals surface area contributed by atoms with Crippen LogP contribution in [0.25, 0.3) is 6.08 Å². The van der Waals surface area contributed by atoms with Crippen LogP contribution in [0, 0.1) is 5.82 Å². The van der Waals surface area contributed by atoms with Gasteiger partial charge in [-0.15, -0.1) is 0 Å². The molecule has 0 spiro atoms. The molecule has 1 N–H and O–H groups in total. The lowest BCUT2D eigenvalue weighted by atomic mass is 9.97. The van der Waals surface area contributed by atoms with Gasteiger partial charge >= 0.3 is 11.9 Å². The minimum absolute atomic E-state index is 0.0357. The van der Waals surface area contributed by atoms with E-state index in [1.807, 2.05) is 11.0 Å². The van der Waals surface area contributed by atoms with E-state index in [4.69, 9.17) is 9.84 Å². The molecule has 1 aromatic carbocycles. The molecule has 2 unspecified atom stereocenters. The first-order valence-corrected chi connectivity index (χ1v) is 10.1. The van der Waals surface area contributed by atoms with Crippen LogP contribution in [0.1, 0.15) is 30.1 Å². The van der Waals surface area contributed by atoms with Crippen LogP contribution in [-0.2, 0) is 20.9 Å². The number of rotatable bonds is 7. The van der Waals surface area contributed by atoms with E-state index < -0.39 is 23.8 Å². The van der Waals surface area contributed by atoms with E-state index in [9.17, 15) is 14.0 Å². The Labute approximate surface area is 179 Å². The lowest BCUT2D eigenvalue weighted by Crippen LogP contribution is -2.42. The molecule has 1 aliphatic rings. The molecule has 2 atom stereocenters. The van der Waals surface area contributed by atoms with Crippen molar-refractivity contribution in [3.63, 3.8) is 0 Å². The second-order valence-corrected chi connectivity index (χ2v) is 7.69. The number of aromatic nitrogens is 2. The summed E-state index contributed by atoms with van der Waals surface area (Å²) >= 11 is 4.67. The number of aryl methyl sites for hydroxylation is 1. The molecule has 3 rings (SSSR count). The maximum absolute atomic E-state index is 14.4. The van der Waals surface area contributed by atoms with Crippen LogP contribution >= 0.6 is 12.6 Å². The van der Waals surface area contributed by atoms with Gasteiger partial charge in [0.25, 0.3) is 0 Å². The van der Waals surface area contributed by atoms with E-state index >= 15 is 0 Å². The fourth-order valence-electron chi connectivity index (χ4n) is 3.58. The molecule has 1 aromatic heterocycles. The van der Waals surface area contributed by atoms with Gasteiger partial charge in [0.1, 0.15) is 11.9 Å². The number of carboxylic acids is 1. The molecule has 7 nitrogen and oxygen atoms in total. The van der Waals surface area contributed by atoms with Gasteiger partial charge in [0.15, 0.2) is 0 Å². The molecule has 0 saturated carbocycles. The molecule has 0 bridgehead atoms. The largest absolute Gasteiger partial charge is 0.481 e. The summed E-state index contributed by atoms with van der Waals surface area (Å²) in [6.07, 6.45) is 4.15. The molecule has 0 amide bonds. The van der Waals surface area contributed by atoms with E-state index in [0.29, 0.717) is 19.5 Å². The van der Waals surface area contributed by atoms with Crippen molar-refractivity contribution in [2.45, 2.75) is 30.7 Å². The van der Waals surface area contributed by atoms with Crippen molar-refractivity contribution in [3.8, 4) is 0 Å². The summed E-state index contributed by atoms with van der Waals surface area (Å²) in [4.78, 5) is 25.3. The van der Waals surface area contributed by atoms with Gasteiger partial charge in [-0.25, -0.2) is 9.18 Å². The average Bonchev–Trinajstić information content (AvgIpc) is 3.17. The van der Waals surface area contributed by atoms with Gasteiger partial charge < -0.3 is 9.84 Å². The number of methoxy groups -OCH3 is 1. The van der Waals surface area contributed by atoms with Crippen LogP contribution in [0.2, 0.25) is 0 Å². The van der Waals surface area contributed by atoms with Gasteiger partial charge in [0.05, 0.1) is 25.8 Å². The smallest absolute Gasteiger partial charge is 0.327 e. The molecule has 1 aliphatic heterocycles. The SMILES string of the molecule is COC(=O)C(c1ccccc1F)N1CCC(S)/C(=C\c2ccnn2CCC(=O)O)C1. The number of hydrogen-bond donors (Lipinski definition) is 2. The van der Waals surface area contributed by atoms with E-state index in [2.05, 4.69) is 17.7 Å². The monoisotopic (exact) mass is 433 g/mol. The maximum Gasteiger partial charge on any atom is 0.327 e. The van der Waals surface area contributed by atoms with Crippen LogP contribution in [0.15, 0.2) is 42.1 Å². The lowest BCUT2D eigenvalue weighted by molar-refractivity contribution is -0.147.